The van der Waals surface area contributed by atoms with Crippen molar-refractivity contribution >= 4 is 40.0 Å². The van der Waals surface area contributed by atoms with Gasteiger partial charge in [0.05, 0.1) is 11.6 Å². The van der Waals surface area contributed by atoms with Crippen LogP contribution in [0.3, 0.4) is 0 Å². The third-order valence-corrected chi connectivity index (χ3v) is 4.78. The summed E-state index contributed by atoms with van der Waals surface area (Å²) in [6, 6.07) is 11.3. The molecule has 4 rings (SSSR count). The van der Waals surface area contributed by atoms with Gasteiger partial charge >= 0.3 is 0 Å². The number of halogens is 1. The van der Waals surface area contributed by atoms with Crippen molar-refractivity contribution in [2.75, 3.05) is 11.4 Å². The number of carbonyl (C=O) groups excluding carboxylic acids is 2. The number of anilines is 1. The van der Waals surface area contributed by atoms with E-state index >= 15 is 0 Å². The topological polar surface area (TPSA) is 122 Å². The minimum atomic E-state index is -0.852. The number of aromatic amines is 1. The van der Waals surface area contributed by atoms with E-state index in [0.29, 0.717) is 23.0 Å². The van der Waals surface area contributed by atoms with Gasteiger partial charge in [0.1, 0.15) is 17.7 Å². The lowest BCUT2D eigenvalue weighted by atomic mass is 9.97. The molecule has 1 atom stereocenters. The summed E-state index contributed by atoms with van der Waals surface area (Å²) in [6.45, 7) is -0.119. The first-order valence-corrected chi connectivity index (χ1v) is 8.81. The number of aromatic hydroxyl groups is 1. The number of aromatic nitrogens is 2. The van der Waals surface area contributed by atoms with Crippen molar-refractivity contribution in [3.8, 4) is 11.9 Å². The summed E-state index contributed by atoms with van der Waals surface area (Å²) >= 11 is 5.98. The van der Waals surface area contributed by atoms with Gasteiger partial charge < -0.3 is 15.4 Å². The molecule has 0 aliphatic carbocycles. The van der Waals surface area contributed by atoms with Gasteiger partial charge in [0.2, 0.25) is 0 Å². The second kappa shape index (κ2) is 6.87. The third-order valence-electron chi connectivity index (χ3n) is 4.58. The molecule has 2 aromatic heterocycles. The number of pyridine rings is 1. The molecule has 1 aliphatic heterocycles. The summed E-state index contributed by atoms with van der Waals surface area (Å²) in [6.07, 6.45) is 0.294. The van der Waals surface area contributed by atoms with E-state index in [1.165, 1.54) is 17.0 Å². The molecular weight excluding hydrogens is 382 g/mol. The molecule has 0 spiro atoms. The summed E-state index contributed by atoms with van der Waals surface area (Å²) < 4.78 is 0. The number of hydrogen-bond donors (Lipinski definition) is 3. The summed E-state index contributed by atoms with van der Waals surface area (Å²) in [7, 11) is 0. The van der Waals surface area contributed by atoms with Crippen LogP contribution >= 0.6 is 11.6 Å². The van der Waals surface area contributed by atoms with Gasteiger partial charge in [0.15, 0.2) is 11.6 Å². The predicted molar refractivity (Wildman–Crippen MR) is 102 cm³/mol. The third kappa shape index (κ3) is 3.02. The number of carbonyl (C=O) groups is 2. The molecule has 3 N–H and O–H groups in total. The highest BCUT2D eigenvalue weighted by atomic mass is 35.5. The van der Waals surface area contributed by atoms with Crippen molar-refractivity contribution in [1.29, 1.82) is 5.26 Å². The van der Waals surface area contributed by atoms with Crippen LogP contribution in [0, 0.1) is 11.3 Å². The van der Waals surface area contributed by atoms with Crippen molar-refractivity contribution in [2.45, 2.75) is 12.5 Å². The normalized spacial score (nSPS) is 15.9. The molecule has 9 heteroatoms. The van der Waals surface area contributed by atoms with Crippen molar-refractivity contribution in [3.63, 3.8) is 0 Å². The number of nitriles is 1. The molecule has 28 heavy (non-hydrogen) atoms. The average molecular weight is 396 g/mol. The molecule has 8 nitrogen and oxygen atoms in total. The van der Waals surface area contributed by atoms with E-state index in [1.54, 1.807) is 12.1 Å². The number of H-pyrrole nitrogens is 1. The summed E-state index contributed by atoms with van der Waals surface area (Å²) in [4.78, 5) is 33.7. The minimum Gasteiger partial charge on any atom is -0.495 e. The zero-order valence-electron chi connectivity index (χ0n) is 14.4. The highest BCUT2D eigenvalue weighted by molar-refractivity contribution is 6.30. The van der Waals surface area contributed by atoms with Crippen LogP contribution in [-0.2, 0) is 11.2 Å². The molecule has 140 valence electrons. The summed E-state index contributed by atoms with van der Waals surface area (Å²) in [5.41, 5.74) is 1.81. The molecule has 1 aromatic carbocycles. The molecule has 2 amide bonds. The van der Waals surface area contributed by atoms with Gasteiger partial charge in [-0.2, -0.15) is 5.26 Å². The molecule has 0 bridgehead atoms. The fourth-order valence-electron chi connectivity index (χ4n) is 3.39. The number of nitrogens with zero attached hydrogens (tertiary/aromatic N) is 3. The van der Waals surface area contributed by atoms with Gasteiger partial charge in [-0.3, -0.25) is 14.5 Å². The molecule has 3 heterocycles. The maximum Gasteiger partial charge on any atom is 0.272 e. The van der Waals surface area contributed by atoms with Gasteiger partial charge in [-0.25, -0.2) is 4.98 Å². The standard InChI is InChI=1S/C19H14ClN5O3/c20-14-8-11-9-15(26)24-16(11)17(23-14)18(27)22-12-7-10-3-1-2-4-13(10)25(6-5-21)19(12)28/h1-4,8-9,12,24,26H,6-7H2,(H,22,27). The van der Waals surface area contributed by atoms with Crippen molar-refractivity contribution in [3.05, 3.63) is 52.8 Å². The highest BCUT2D eigenvalue weighted by Gasteiger charge is 2.34. The van der Waals surface area contributed by atoms with Crippen LogP contribution in [0.15, 0.2) is 36.4 Å². The maximum absolute atomic E-state index is 12.8. The van der Waals surface area contributed by atoms with Crippen LogP contribution in [0.1, 0.15) is 16.1 Å². The van der Waals surface area contributed by atoms with Crippen LogP contribution in [0.25, 0.3) is 10.9 Å². The van der Waals surface area contributed by atoms with E-state index in [-0.39, 0.29) is 29.2 Å². The molecule has 3 aromatic rings. The summed E-state index contributed by atoms with van der Waals surface area (Å²) in [5, 5.41) is 22.0. The monoisotopic (exact) mass is 395 g/mol. The van der Waals surface area contributed by atoms with Crippen LogP contribution in [0.2, 0.25) is 5.15 Å². The minimum absolute atomic E-state index is 0.0266. The first kappa shape index (κ1) is 17.8. The lowest BCUT2D eigenvalue weighted by Gasteiger charge is -2.33. The van der Waals surface area contributed by atoms with Crippen LogP contribution in [0.4, 0.5) is 5.69 Å². The molecular formula is C19H14ClN5O3. The van der Waals surface area contributed by atoms with Crippen LogP contribution in [-0.4, -0.2) is 39.5 Å². The first-order chi connectivity index (χ1) is 13.5. The maximum atomic E-state index is 12.8. The van der Waals surface area contributed by atoms with Crippen LogP contribution < -0.4 is 10.2 Å². The van der Waals surface area contributed by atoms with E-state index in [1.807, 2.05) is 18.2 Å². The molecule has 1 unspecified atom stereocenters. The average Bonchev–Trinajstić information content (AvgIpc) is 3.04. The Labute approximate surface area is 164 Å². The second-order valence-electron chi connectivity index (χ2n) is 6.35. The van der Waals surface area contributed by atoms with Gasteiger partial charge in [0, 0.05) is 23.6 Å². The number of para-hydroxylation sites is 1. The van der Waals surface area contributed by atoms with E-state index in [9.17, 15) is 14.7 Å². The Bertz CT molecular complexity index is 1150. The molecule has 0 saturated carbocycles. The van der Waals surface area contributed by atoms with Crippen molar-refractivity contribution in [2.24, 2.45) is 0 Å². The van der Waals surface area contributed by atoms with Gasteiger partial charge in [-0.15, -0.1) is 0 Å². The van der Waals surface area contributed by atoms with E-state index < -0.39 is 11.9 Å². The highest BCUT2D eigenvalue weighted by Crippen LogP contribution is 2.28. The fraction of sp³-hybridized carbons (Fsp3) is 0.158. The Balaban J connectivity index is 1.67. The first-order valence-electron chi connectivity index (χ1n) is 8.43. The number of amides is 2. The van der Waals surface area contributed by atoms with E-state index in [2.05, 4.69) is 15.3 Å². The van der Waals surface area contributed by atoms with E-state index in [0.717, 1.165) is 5.56 Å². The number of nitrogens with one attached hydrogen (secondary N) is 2. The van der Waals surface area contributed by atoms with Crippen molar-refractivity contribution < 1.29 is 14.7 Å². The lowest BCUT2D eigenvalue weighted by molar-refractivity contribution is -0.120. The number of rotatable bonds is 3. The van der Waals surface area contributed by atoms with Gasteiger partial charge in [-0.05, 0) is 17.7 Å². The fourth-order valence-corrected chi connectivity index (χ4v) is 3.59. The second-order valence-corrected chi connectivity index (χ2v) is 6.74. The van der Waals surface area contributed by atoms with E-state index in [4.69, 9.17) is 16.9 Å². The van der Waals surface area contributed by atoms with Crippen LogP contribution in [0.5, 0.6) is 5.88 Å². The Hall–Kier alpha value is -3.57. The lowest BCUT2D eigenvalue weighted by Crippen LogP contribution is -2.53. The predicted octanol–water partition coefficient (Wildman–Crippen LogP) is 2.13. The smallest absolute Gasteiger partial charge is 0.272 e. The quantitative estimate of drug-likeness (QED) is 0.463. The van der Waals surface area contributed by atoms with Gasteiger partial charge in [0.25, 0.3) is 11.8 Å². The van der Waals surface area contributed by atoms with Gasteiger partial charge in [-0.1, -0.05) is 29.8 Å². The summed E-state index contributed by atoms with van der Waals surface area (Å²) in [5.74, 6) is -1.11. The largest absolute Gasteiger partial charge is 0.495 e. The molecule has 1 aliphatic rings. The Morgan fingerprint density at radius 2 is 2.21 bits per heavy atom. The zero-order valence-corrected chi connectivity index (χ0v) is 15.2. The molecule has 0 fully saturated rings. The Morgan fingerprint density at radius 1 is 1.43 bits per heavy atom. The number of hydrogen-bond acceptors (Lipinski definition) is 5. The Morgan fingerprint density at radius 3 is 3.00 bits per heavy atom. The Kier molecular flexibility index (Phi) is 4.37. The zero-order chi connectivity index (χ0) is 19.8. The van der Waals surface area contributed by atoms with Crippen molar-refractivity contribution in [1.82, 2.24) is 15.3 Å². The molecule has 0 saturated heterocycles. The SMILES string of the molecule is N#CCN1C(=O)C(NC(=O)c2nc(Cl)cc3cc(O)[nH]c23)Cc2ccccc21. The number of benzene rings is 1. The molecule has 0 radical (unpaired) electrons. The number of fused-ring (bicyclic) bond motifs is 2.